The van der Waals surface area contributed by atoms with Gasteiger partial charge in [-0.3, -0.25) is 4.79 Å². The summed E-state index contributed by atoms with van der Waals surface area (Å²) in [5, 5.41) is 20.9. The zero-order valence-corrected chi connectivity index (χ0v) is 12.9. The average Bonchev–Trinajstić information content (AvgIpc) is 2.60. The van der Waals surface area contributed by atoms with E-state index in [-0.39, 0.29) is 29.0 Å². The number of carbonyl (C=O) groups excluding carboxylic acids is 1. The summed E-state index contributed by atoms with van der Waals surface area (Å²) < 4.78 is 0. The predicted octanol–water partition coefficient (Wildman–Crippen LogP) is 2.54. The molecule has 110 valence electrons. The fourth-order valence-electron chi connectivity index (χ4n) is 4.29. The number of ketones is 1. The first kappa shape index (κ1) is 15.0. The number of carbonyl (C=O) groups is 1. The van der Waals surface area contributed by atoms with Crippen LogP contribution in [0.25, 0.3) is 0 Å². The van der Waals surface area contributed by atoms with Crippen molar-refractivity contribution in [3.05, 3.63) is 0 Å². The minimum atomic E-state index is -1.24. The molecular formula is C16H28O3. The summed E-state index contributed by atoms with van der Waals surface area (Å²) in [7, 11) is 0. The van der Waals surface area contributed by atoms with Crippen LogP contribution in [-0.2, 0) is 4.79 Å². The van der Waals surface area contributed by atoms with Crippen LogP contribution in [0.1, 0.15) is 60.3 Å². The number of hydrogen-bond donors (Lipinski definition) is 2. The highest BCUT2D eigenvalue weighted by molar-refractivity contribution is 5.89. The summed E-state index contributed by atoms with van der Waals surface area (Å²) in [6.45, 7) is 10.2. The zero-order valence-electron chi connectivity index (χ0n) is 12.9. The maximum Gasteiger partial charge on any atom is 0.167 e. The Balaban J connectivity index is 2.23. The minimum absolute atomic E-state index is 0.000192. The van der Waals surface area contributed by atoms with Crippen LogP contribution in [0.2, 0.25) is 0 Å². The van der Waals surface area contributed by atoms with Crippen LogP contribution in [0.15, 0.2) is 0 Å². The molecule has 0 amide bonds. The lowest BCUT2D eigenvalue weighted by Gasteiger charge is -2.44. The van der Waals surface area contributed by atoms with Crippen LogP contribution in [0.3, 0.4) is 0 Å². The van der Waals surface area contributed by atoms with Crippen molar-refractivity contribution in [2.45, 2.75) is 72.0 Å². The average molecular weight is 268 g/mol. The number of fused-ring (bicyclic) bond motifs is 2. The number of rotatable bonds is 4. The van der Waals surface area contributed by atoms with E-state index in [0.717, 1.165) is 12.8 Å². The van der Waals surface area contributed by atoms with E-state index >= 15 is 0 Å². The van der Waals surface area contributed by atoms with Crippen molar-refractivity contribution in [1.29, 1.82) is 0 Å². The number of Topliss-reactive ketones (excluding diaryl/α,β-unsaturated/α-hetero) is 1. The highest BCUT2D eigenvalue weighted by Crippen LogP contribution is 2.69. The topological polar surface area (TPSA) is 57.5 Å². The Morgan fingerprint density at radius 1 is 1.32 bits per heavy atom. The Hall–Kier alpha value is -0.410. The van der Waals surface area contributed by atoms with Gasteiger partial charge in [0.1, 0.15) is 5.60 Å². The van der Waals surface area contributed by atoms with Crippen LogP contribution in [0.4, 0.5) is 0 Å². The highest BCUT2D eigenvalue weighted by atomic mass is 16.3. The van der Waals surface area contributed by atoms with Gasteiger partial charge in [0.15, 0.2) is 5.78 Å². The Kier molecular flexibility index (Phi) is 3.38. The zero-order chi connectivity index (χ0) is 14.6. The summed E-state index contributed by atoms with van der Waals surface area (Å²) in [5.41, 5.74) is -1.59. The fourth-order valence-corrected chi connectivity index (χ4v) is 4.29. The Morgan fingerprint density at radius 3 is 2.26 bits per heavy atom. The van der Waals surface area contributed by atoms with Gasteiger partial charge < -0.3 is 10.2 Å². The Morgan fingerprint density at radius 2 is 1.89 bits per heavy atom. The van der Waals surface area contributed by atoms with Gasteiger partial charge >= 0.3 is 0 Å². The maximum absolute atomic E-state index is 12.6. The molecule has 0 aromatic rings. The summed E-state index contributed by atoms with van der Waals surface area (Å²) >= 11 is 0. The van der Waals surface area contributed by atoms with Crippen molar-refractivity contribution in [2.24, 2.45) is 22.7 Å². The lowest BCUT2D eigenvalue weighted by Crippen LogP contribution is -2.53. The van der Waals surface area contributed by atoms with Gasteiger partial charge in [0.25, 0.3) is 0 Å². The van der Waals surface area contributed by atoms with E-state index in [1.165, 1.54) is 0 Å². The molecule has 2 N–H and O–H groups in total. The summed E-state index contributed by atoms with van der Waals surface area (Å²) in [6, 6.07) is 0. The smallest absolute Gasteiger partial charge is 0.167 e. The van der Waals surface area contributed by atoms with E-state index in [1.807, 2.05) is 13.8 Å². The molecular weight excluding hydrogens is 240 g/mol. The molecule has 0 aromatic carbocycles. The first-order chi connectivity index (χ1) is 8.56. The molecule has 2 aliphatic rings. The van der Waals surface area contributed by atoms with Crippen LogP contribution in [0, 0.1) is 22.7 Å². The van der Waals surface area contributed by atoms with E-state index in [9.17, 15) is 15.0 Å². The first-order valence-electron chi connectivity index (χ1n) is 7.50. The molecule has 0 unspecified atom stereocenters. The van der Waals surface area contributed by atoms with Gasteiger partial charge in [0.05, 0.1) is 6.10 Å². The number of aliphatic hydroxyl groups excluding tert-OH is 1. The third-order valence-electron chi connectivity index (χ3n) is 6.52. The number of aliphatic hydroxyl groups is 2. The standard InChI is InChI=1S/C16H28O3/c1-10(2)12(17)8-13(18)16(19)9-11-6-7-15(16,5)14(11,3)4/h10-12,17,19H,6-9H2,1-5H3/t11-,12+,15-,16+/m1/s1. The van der Waals surface area contributed by atoms with Crippen molar-refractivity contribution in [2.75, 3.05) is 0 Å². The van der Waals surface area contributed by atoms with Crippen LogP contribution in [0.5, 0.6) is 0 Å². The Bertz CT molecular complexity index is 387. The largest absolute Gasteiger partial charge is 0.392 e. The second-order valence-corrected chi connectivity index (χ2v) is 7.79. The van der Waals surface area contributed by atoms with Crippen molar-refractivity contribution >= 4 is 5.78 Å². The fraction of sp³-hybridized carbons (Fsp3) is 0.938. The molecule has 0 spiro atoms. The first-order valence-corrected chi connectivity index (χ1v) is 7.50. The molecule has 0 radical (unpaired) electrons. The van der Waals surface area contributed by atoms with Gasteiger partial charge in [0, 0.05) is 11.8 Å². The SMILES string of the molecule is CC(C)[C@@H](O)CC(=O)[C@@]1(O)C[C@H]2CC[C@]1(C)C2(C)C. The quantitative estimate of drug-likeness (QED) is 0.824. The molecule has 0 aliphatic heterocycles. The monoisotopic (exact) mass is 268 g/mol. The predicted molar refractivity (Wildman–Crippen MR) is 74.6 cm³/mol. The van der Waals surface area contributed by atoms with Crippen LogP contribution in [-0.4, -0.2) is 27.7 Å². The molecule has 3 heteroatoms. The molecule has 2 fully saturated rings. The normalized spacial score (nSPS) is 41.8. The molecule has 3 nitrogen and oxygen atoms in total. The van der Waals surface area contributed by atoms with Crippen LogP contribution < -0.4 is 0 Å². The van der Waals surface area contributed by atoms with E-state index < -0.39 is 11.7 Å². The molecule has 2 bridgehead atoms. The molecule has 4 atom stereocenters. The van der Waals surface area contributed by atoms with Gasteiger partial charge in [-0.25, -0.2) is 0 Å². The van der Waals surface area contributed by atoms with E-state index in [2.05, 4.69) is 20.8 Å². The van der Waals surface area contributed by atoms with Gasteiger partial charge in [-0.1, -0.05) is 34.6 Å². The van der Waals surface area contributed by atoms with Crippen molar-refractivity contribution in [1.82, 2.24) is 0 Å². The van der Waals surface area contributed by atoms with Crippen molar-refractivity contribution < 1.29 is 15.0 Å². The summed E-state index contributed by atoms with van der Waals surface area (Å²) in [4.78, 5) is 12.6. The lowest BCUT2D eigenvalue weighted by atomic mass is 9.62. The molecule has 0 saturated heterocycles. The summed E-state index contributed by atoms with van der Waals surface area (Å²) in [5.74, 6) is 0.307. The molecule has 2 aliphatic carbocycles. The van der Waals surface area contributed by atoms with Gasteiger partial charge in [-0.2, -0.15) is 0 Å². The van der Waals surface area contributed by atoms with Gasteiger partial charge in [-0.05, 0) is 36.5 Å². The van der Waals surface area contributed by atoms with Crippen molar-refractivity contribution in [3.63, 3.8) is 0 Å². The molecule has 0 aromatic heterocycles. The molecule has 0 heterocycles. The number of hydrogen-bond acceptors (Lipinski definition) is 3. The Labute approximate surface area is 116 Å². The van der Waals surface area contributed by atoms with Crippen LogP contribution >= 0.6 is 0 Å². The molecule has 2 rings (SSSR count). The second kappa shape index (κ2) is 4.29. The van der Waals surface area contributed by atoms with E-state index in [1.54, 1.807) is 0 Å². The maximum atomic E-state index is 12.6. The third kappa shape index (κ3) is 1.81. The second-order valence-electron chi connectivity index (χ2n) is 7.79. The van der Waals surface area contributed by atoms with Crippen molar-refractivity contribution in [3.8, 4) is 0 Å². The highest BCUT2D eigenvalue weighted by Gasteiger charge is 2.70. The lowest BCUT2D eigenvalue weighted by molar-refractivity contribution is -0.157. The van der Waals surface area contributed by atoms with E-state index in [4.69, 9.17) is 0 Å². The summed E-state index contributed by atoms with van der Waals surface area (Å²) in [6.07, 6.45) is 2.01. The van der Waals surface area contributed by atoms with E-state index in [0.29, 0.717) is 12.3 Å². The minimum Gasteiger partial charge on any atom is -0.392 e. The van der Waals surface area contributed by atoms with Gasteiger partial charge in [-0.15, -0.1) is 0 Å². The molecule has 2 saturated carbocycles. The third-order valence-corrected chi connectivity index (χ3v) is 6.52. The molecule has 19 heavy (non-hydrogen) atoms. The van der Waals surface area contributed by atoms with Gasteiger partial charge in [0.2, 0.25) is 0 Å².